The Morgan fingerprint density at radius 1 is 1.19 bits per heavy atom. The summed E-state index contributed by atoms with van der Waals surface area (Å²) in [6.07, 6.45) is 0. The van der Waals surface area contributed by atoms with E-state index in [0.717, 1.165) is 12.1 Å². The molecule has 2 aromatic carbocycles. The molecule has 0 aromatic heterocycles. The van der Waals surface area contributed by atoms with Gasteiger partial charge in [-0.15, -0.1) is 11.8 Å². The van der Waals surface area contributed by atoms with Crippen LogP contribution < -0.4 is 5.32 Å². The number of hydrogen-bond donors (Lipinski definition) is 1. The van der Waals surface area contributed by atoms with Crippen molar-refractivity contribution in [1.82, 2.24) is 5.32 Å². The van der Waals surface area contributed by atoms with Crippen molar-refractivity contribution in [3.05, 3.63) is 64.4 Å². The zero-order valence-electron chi connectivity index (χ0n) is 12.2. The summed E-state index contributed by atoms with van der Waals surface area (Å²) in [5.74, 6) is 0.419. The largest absolute Gasteiger partial charge is 0.310 e. The van der Waals surface area contributed by atoms with Gasteiger partial charge in [-0.25, -0.2) is 4.39 Å². The second-order valence-electron chi connectivity index (χ2n) is 5.21. The lowest BCUT2D eigenvalue weighted by Gasteiger charge is -2.10. The first kappa shape index (κ1) is 16.3. The molecule has 0 saturated heterocycles. The molecule has 0 atom stereocenters. The molecule has 112 valence electrons. The molecule has 21 heavy (non-hydrogen) atoms. The zero-order valence-corrected chi connectivity index (χ0v) is 13.8. The lowest BCUT2D eigenvalue weighted by Crippen LogP contribution is -2.21. The standard InChI is InChI=1S/C17H19ClFNS/c1-12(2)20-10-13-4-3-5-16(8-13)21-11-14-9-15(19)6-7-17(14)18/h3-9,12,20H,10-11H2,1-2H3. The molecule has 0 aliphatic carbocycles. The van der Waals surface area contributed by atoms with E-state index in [4.69, 9.17) is 11.6 Å². The van der Waals surface area contributed by atoms with Crippen molar-refractivity contribution in [2.45, 2.75) is 37.1 Å². The number of benzene rings is 2. The van der Waals surface area contributed by atoms with E-state index in [-0.39, 0.29) is 5.82 Å². The Morgan fingerprint density at radius 2 is 2.00 bits per heavy atom. The van der Waals surface area contributed by atoms with Crippen LogP contribution in [-0.2, 0) is 12.3 Å². The summed E-state index contributed by atoms with van der Waals surface area (Å²) in [5.41, 5.74) is 2.08. The molecule has 0 amide bonds. The van der Waals surface area contributed by atoms with Crippen LogP contribution in [0.3, 0.4) is 0 Å². The monoisotopic (exact) mass is 323 g/mol. The van der Waals surface area contributed by atoms with Gasteiger partial charge in [-0.05, 0) is 41.5 Å². The average molecular weight is 324 g/mol. The van der Waals surface area contributed by atoms with Crippen LogP contribution in [0.4, 0.5) is 4.39 Å². The Bertz CT molecular complexity index is 601. The Balaban J connectivity index is 1.99. The first-order valence-electron chi connectivity index (χ1n) is 6.93. The molecule has 0 spiro atoms. The molecular formula is C17H19ClFNS. The molecule has 0 unspecified atom stereocenters. The van der Waals surface area contributed by atoms with Crippen LogP contribution in [0.5, 0.6) is 0 Å². The van der Waals surface area contributed by atoms with Gasteiger partial charge in [0, 0.05) is 28.3 Å². The van der Waals surface area contributed by atoms with E-state index in [1.54, 1.807) is 17.8 Å². The van der Waals surface area contributed by atoms with Gasteiger partial charge < -0.3 is 5.32 Å². The maximum Gasteiger partial charge on any atom is 0.123 e. The third kappa shape index (κ3) is 5.34. The third-order valence-corrected chi connectivity index (χ3v) is 4.43. The van der Waals surface area contributed by atoms with Crippen molar-refractivity contribution in [1.29, 1.82) is 0 Å². The molecule has 0 aliphatic rings. The molecule has 0 aliphatic heterocycles. The van der Waals surface area contributed by atoms with Gasteiger partial charge in [-0.1, -0.05) is 37.6 Å². The van der Waals surface area contributed by atoms with E-state index < -0.39 is 0 Å². The quantitative estimate of drug-likeness (QED) is 0.727. The van der Waals surface area contributed by atoms with E-state index in [1.807, 2.05) is 6.07 Å². The SMILES string of the molecule is CC(C)NCc1cccc(SCc2cc(F)ccc2Cl)c1. The summed E-state index contributed by atoms with van der Waals surface area (Å²) in [4.78, 5) is 1.17. The Labute approximate surface area is 134 Å². The third-order valence-electron chi connectivity index (χ3n) is 3.01. The average Bonchev–Trinajstić information content (AvgIpc) is 2.46. The Morgan fingerprint density at radius 3 is 2.76 bits per heavy atom. The second-order valence-corrected chi connectivity index (χ2v) is 6.66. The van der Waals surface area contributed by atoms with Gasteiger partial charge in [-0.3, -0.25) is 0 Å². The highest BCUT2D eigenvalue weighted by Crippen LogP contribution is 2.27. The fourth-order valence-corrected chi connectivity index (χ4v) is 3.12. The highest BCUT2D eigenvalue weighted by atomic mass is 35.5. The van der Waals surface area contributed by atoms with E-state index in [0.29, 0.717) is 16.8 Å². The van der Waals surface area contributed by atoms with Gasteiger partial charge in [0.2, 0.25) is 0 Å². The molecule has 0 fully saturated rings. The molecule has 0 radical (unpaired) electrons. The maximum absolute atomic E-state index is 13.2. The molecule has 4 heteroatoms. The Kier molecular flexibility index (Phi) is 6.09. The van der Waals surface area contributed by atoms with Gasteiger partial charge in [0.25, 0.3) is 0 Å². The van der Waals surface area contributed by atoms with Crippen LogP contribution >= 0.6 is 23.4 Å². The molecule has 2 rings (SSSR count). The predicted molar refractivity (Wildman–Crippen MR) is 89.4 cm³/mol. The van der Waals surface area contributed by atoms with Crippen molar-refractivity contribution in [3.8, 4) is 0 Å². The van der Waals surface area contributed by atoms with Crippen LogP contribution in [0.25, 0.3) is 0 Å². The molecule has 2 aromatic rings. The minimum Gasteiger partial charge on any atom is -0.310 e. The van der Waals surface area contributed by atoms with Crippen molar-refractivity contribution < 1.29 is 4.39 Å². The number of thioether (sulfide) groups is 1. The molecular weight excluding hydrogens is 305 g/mol. The number of hydrogen-bond acceptors (Lipinski definition) is 2. The van der Waals surface area contributed by atoms with Crippen LogP contribution in [0, 0.1) is 5.82 Å². The molecule has 0 saturated carbocycles. The first-order valence-corrected chi connectivity index (χ1v) is 8.30. The van der Waals surface area contributed by atoms with E-state index in [1.165, 1.54) is 22.6 Å². The summed E-state index contributed by atoms with van der Waals surface area (Å²) >= 11 is 7.75. The number of nitrogens with one attached hydrogen (secondary N) is 1. The smallest absolute Gasteiger partial charge is 0.123 e. The van der Waals surface area contributed by atoms with Crippen LogP contribution in [0.2, 0.25) is 5.02 Å². The topological polar surface area (TPSA) is 12.0 Å². The predicted octanol–water partition coefficient (Wildman–Crippen LogP) is 5.27. The van der Waals surface area contributed by atoms with Gasteiger partial charge in [0.15, 0.2) is 0 Å². The van der Waals surface area contributed by atoms with Gasteiger partial charge >= 0.3 is 0 Å². The van der Waals surface area contributed by atoms with Gasteiger partial charge in [0.05, 0.1) is 0 Å². The maximum atomic E-state index is 13.2. The summed E-state index contributed by atoms with van der Waals surface area (Å²) in [6, 6.07) is 13.3. The van der Waals surface area contributed by atoms with E-state index in [2.05, 4.69) is 37.4 Å². The van der Waals surface area contributed by atoms with Gasteiger partial charge in [0.1, 0.15) is 5.82 Å². The van der Waals surface area contributed by atoms with Gasteiger partial charge in [-0.2, -0.15) is 0 Å². The minimum absolute atomic E-state index is 0.245. The van der Waals surface area contributed by atoms with Crippen LogP contribution in [-0.4, -0.2) is 6.04 Å². The summed E-state index contributed by atoms with van der Waals surface area (Å²) in [6.45, 7) is 5.11. The summed E-state index contributed by atoms with van der Waals surface area (Å²) < 4.78 is 13.2. The molecule has 1 N–H and O–H groups in total. The minimum atomic E-state index is -0.245. The highest BCUT2D eigenvalue weighted by molar-refractivity contribution is 7.98. The summed E-state index contributed by atoms with van der Waals surface area (Å²) in [7, 11) is 0. The first-order chi connectivity index (χ1) is 10.0. The second kappa shape index (κ2) is 7.83. The molecule has 1 nitrogen and oxygen atoms in total. The fourth-order valence-electron chi connectivity index (χ4n) is 1.88. The molecule has 0 heterocycles. The van der Waals surface area contributed by atoms with Crippen LogP contribution in [0.15, 0.2) is 47.4 Å². The number of halogens is 2. The van der Waals surface area contributed by atoms with E-state index in [9.17, 15) is 4.39 Å². The van der Waals surface area contributed by atoms with Crippen molar-refractivity contribution in [2.75, 3.05) is 0 Å². The zero-order chi connectivity index (χ0) is 15.2. The normalized spacial score (nSPS) is 11.1. The van der Waals surface area contributed by atoms with Crippen molar-refractivity contribution >= 4 is 23.4 Å². The van der Waals surface area contributed by atoms with Crippen LogP contribution in [0.1, 0.15) is 25.0 Å². The van der Waals surface area contributed by atoms with E-state index >= 15 is 0 Å². The lowest BCUT2D eigenvalue weighted by atomic mass is 10.2. The van der Waals surface area contributed by atoms with Crippen molar-refractivity contribution in [2.24, 2.45) is 0 Å². The Hall–Kier alpha value is -1.03. The summed E-state index contributed by atoms with van der Waals surface area (Å²) in [5, 5.41) is 4.01. The highest BCUT2D eigenvalue weighted by Gasteiger charge is 2.04. The molecule has 0 bridgehead atoms. The van der Waals surface area contributed by atoms with Crippen molar-refractivity contribution in [3.63, 3.8) is 0 Å². The number of rotatable bonds is 6. The lowest BCUT2D eigenvalue weighted by molar-refractivity contribution is 0.588. The fraction of sp³-hybridized carbons (Fsp3) is 0.294.